The van der Waals surface area contributed by atoms with Crippen molar-refractivity contribution in [2.45, 2.75) is 0 Å². The molecule has 0 fully saturated rings. The first-order chi connectivity index (χ1) is 15.9. The maximum atomic E-state index is 12.5. The van der Waals surface area contributed by atoms with Gasteiger partial charge in [0.25, 0.3) is 5.91 Å². The van der Waals surface area contributed by atoms with Crippen molar-refractivity contribution in [2.75, 3.05) is 37.0 Å². The number of nitrogens with zero attached hydrogens (tertiary/aromatic N) is 1. The second-order valence-corrected chi connectivity index (χ2v) is 7.52. The first-order valence-electron chi connectivity index (χ1n) is 9.91. The average Bonchev–Trinajstić information content (AvgIpc) is 2.79. The summed E-state index contributed by atoms with van der Waals surface area (Å²) in [4.78, 5) is 28.2. The van der Waals surface area contributed by atoms with Crippen molar-refractivity contribution in [2.24, 2.45) is 0 Å². The number of halogens is 2. The van der Waals surface area contributed by atoms with Gasteiger partial charge in [0.05, 0.1) is 35.5 Å². The number of benzene rings is 2. The Hall–Kier alpha value is -2.73. The Labute approximate surface area is 218 Å². The zero-order valence-electron chi connectivity index (χ0n) is 18.3. The number of amides is 1. The van der Waals surface area contributed by atoms with Gasteiger partial charge in [-0.1, -0.05) is 29.3 Å². The monoisotopic (exact) mass is 495 g/mol. The number of aromatic carboxylic acids is 1. The molecule has 0 spiro atoms. The van der Waals surface area contributed by atoms with Crippen LogP contribution in [0.2, 0.25) is 10.0 Å². The predicted octanol–water partition coefficient (Wildman–Crippen LogP) is 0.516. The Morgan fingerprint density at radius 1 is 0.971 bits per heavy atom. The molecule has 3 aromatic rings. The SMILES string of the molecule is O=C(Nc1ccc(OCCOCCNc2ccccn2)cc1C(=O)[O-])c1ccc(Cl)cc1Cl.[Li+]. The van der Waals surface area contributed by atoms with Gasteiger partial charge in [0.2, 0.25) is 0 Å². The normalized spacial score (nSPS) is 10.2. The van der Waals surface area contributed by atoms with Gasteiger partial charge in [-0.15, -0.1) is 0 Å². The molecule has 2 aromatic carbocycles. The smallest absolute Gasteiger partial charge is 0.545 e. The van der Waals surface area contributed by atoms with Gasteiger partial charge < -0.3 is 30.0 Å². The van der Waals surface area contributed by atoms with Crippen molar-refractivity contribution in [3.05, 3.63) is 82.0 Å². The summed E-state index contributed by atoms with van der Waals surface area (Å²) in [5.74, 6) is -0.986. The summed E-state index contributed by atoms with van der Waals surface area (Å²) in [6.07, 6.45) is 1.70. The average molecular weight is 496 g/mol. The van der Waals surface area contributed by atoms with E-state index in [1.54, 1.807) is 6.20 Å². The van der Waals surface area contributed by atoms with E-state index >= 15 is 0 Å². The number of carbonyl (C=O) groups is 2. The summed E-state index contributed by atoms with van der Waals surface area (Å²) >= 11 is 11.9. The summed E-state index contributed by atoms with van der Waals surface area (Å²) < 4.78 is 11.0. The summed E-state index contributed by atoms with van der Waals surface area (Å²) in [6, 6.07) is 14.2. The van der Waals surface area contributed by atoms with Crippen LogP contribution in [0.15, 0.2) is 60.8 Å². The molecule has 34 heavy (non-hydrogen) atoms. The fraction of sp³-hybridized carbons (Fsp3) is 0.174. The Morgan fingerprint density at radius 2 is 1.79 bits per heavy atom. The number of hydrogen-bond donors (Lipinski definition) is 2. The van der Waals surface area contributed by atoms with Crippen LogP contribution in [0.5, 0.6) is 5.75 Å². The third-order valence-electron chi connectivity index (χ3n) is 4.35. The van der Waals surface area contributed by atoms with Crippen LogP contribution < -0.4 is 39.3 Å². The van der Waals surface area contributed by atoms with Gasteiger partial charge in [0, 0.05) is 23.3 Å². The molecule has 0 aliphatic carbocycles. The molecule has 8 nitrogen and oxygen atoms in total. The molecule has 172 valence electrons. The van der Waals surface area contributed by atoms with E-state index in [4.69, 9.17) is 32.7 Å². The summed E-state index contributed by atoms with van der Waals surface area (Å²) in [7, 11) is 0. The molecule has 0 unspecified atom stereocenters. The largest absolute Gasteiger partial charge is 1.00 e. The van der Waals surface area contributed by atoms with Gasteiger partial charge in [-0.05, 0) is 48.5 Å². The quantitative estimate of drug-likeness (QED) is 0.294. The number of ether oxygens (including phenoxy) is 2. The molecule has 0 saturated heterocycles. The van der Waals surface area contributed by atoms with E-state index in [1.807, 2.05) is 18.2 Å². The van der Waals surface area contributed by atoms with Crippen molar-refractivity contribution < 1.29 is 43.0 Å². The minimum absolute atomic E-state index is 0. The van der Waals surface area contributed by atoms with Crippen LogP contribution in [0.4, 0.5) is 11.5 Å². The van der Waals surface area contributed by atoms with Gasteiger partial charge >= 0.3 is 18.9 Å². The van der Waals surface area contributed by atoms with Crippen LogP contribution in [0, 0.1) is 0 Å². The van der Waals surface area contributed by atoms with E-state index in [0.29, 0.717) is 30.5 Å². The summed E-state index contributed by atoms with van der Waals surface area (Å²) in [6.45, 7) is 1.54. The van der Waals surface area contributed by atoms with Gasteiger partial charge in [0.1, 0.15) is 18.2 Å². The van der Waals surface area contributed by atoms with E-state index in [2.05, 4.69) is 15.6 Å². The molecule has 0 atom stereocenters. The molecule has 1 amide bonds. The van der Waals surface area contributed by atoms with Crippen molar-refractivity contribution in [3.63, 3.8) is 0 Å². The van der Waals surface area contributed by atoms with Crippen molar-refractivity contribution in [1.29, 1.82) is 0 Å². The van der Waals surface area contributed by atoms with E-state index in [1.165, 1.54) is 36.4 Å². The van der Waals surface area contributed by atoms with Gasteiger partial charge in [0.15, 0.2) is 0 Å². The summed E-state index contributed by atoms with van der Waals surface area (Å²) in [5.41, 5.74) is -0.0259. The molecule has 0 radical (unpaired) electrons. The number of aromatic nitrogens is 1. The predicted molar refractivity (Wildman–Crippen MR) is 124 cm³/mol. The first-order valence-corrected chi connectivity index (χ1v) is 10.7. The Kier molecular flexibility index (Phi) is 11.2. The van der Waals surface area contributed by atoms with Crippen molar-refractivity contribution >= 4 is 46.6 Å². The molecule has 0 aliphatic rings. The fourth-order valence-electron chi connectivity index (χ4n) is 2.79. The van der Waals surface area contributed by atoms with Gasteiger partial charge in [-0.3, -0.25) is 4.79 Å². The Balaban J connectivity index is 0.00000408. The number of carbonyl (C=O) groups excluding carboxylic acids is 2. The maximum absolute atomic E-state index is 12.5. The molecule has 11 heteroatoms. The number of hydrogen-bond acceptors (Lipinski definition) is 7. The van der Waals surface area contributed by atoms with E-state index in [-0.39, 0.29) is 47.3 Å². The van der Waals surface area contributed by atoms with Gasteiger partial charge in [-0.2, -0.15) is 0 Å². The van der Waals surface area contributed by atoms with Crippen LogP contribution in [-0.2, 0) is 4.74 Å². The third-order valence-corrected chi connectivity index (χ3v) is 4.90. The van der Waals surface area contributed by atoms with Crippen LogP contribution in [-0.4, -0.2) is 43.2 Å². The topological polar surface area (TPSA) is 113 Å². The fourth-order valence-corrected chi connectivity index (χ4v) is 3.29. The molecule has 0 bridgehead atoms. The van der Waals surface area contributed by atoms with Crippen LogP contribution in [0.25, 0.3) is 0 Å². The van der Waals surface area contributed by atoms with Gasteiger partial charge in [-0.25, -0.2) is 4.98 Å². The summed E-state index contributed by atoms with van der Waals surface area (Å²) in [5, 5.41) is 17.7. The van der Waals surface area contributed by atoms with Crippen molar-refractivity contribution in [1.82, 2.24) is 4.98 Å². The standard InChI is InChI=1S/C23H21Cl2N3O5.Li/c24-15-4-6-17(19(25)13-15)22(29)28-20-7-5-16(14-18(20)23(30)31)33-12-11-32-10-9-27-21-3-1-2-8-26-21;/h1-8,13-14H,9-12H2,(H,26,27)(H,28,29)(H,30,31);/q;+1/p-1. The number of carboxylic acid groups (broad SMARTS) is 1. The van der Waals surface area contributed by atoms with E-state index < -0.39 is 11.9 Å². The van der Waals surface area contributed by atoms with Crippen LogP contribution in [0.3, 0.4) is 0 Å². The Bertz CT molecular complexity index is 1120. The number of anilines is 2. The molecule has 3 rings (SSSR count). The number of nitrogens with one attached hydrogen (secondary N) is 2. The van der Waals surface area contributed by atoms with Crippen molar-refractivity contribution in [3.8, 4) is 5.75 Å². The second kappa shape index (κ2) is 13.8. The molecule has 0 aliphatic heterocycles. The molecular weight excluding hydrogens is 476 g/mol. The number of pyridine rings is 1. The molecule has 1 aromatic heterocycles. The van der Waals surface area contributed by atoms with Crippen LogP contribution in [0.1, 0.15) is 20.7 Å². The minimum Gasteiger partial charge on any atom is -0.545 e. The minimum atomic E-state index is -1.46. The zero-order valence-corrected chi connectivity index (χ0v) is 19.9. The molecule has 2 N–H and O–H groups in total. The van der Waals surface area contributed by atoms with E-state index in [9.17, 15) is 14.7 Å². The van der Waals surface area contributed by atoms with Crippen LogP contribution >= 0.6 is 23.2 Å². The third kappa shape index (κ3) is 8.24. The number of rotatable bonds is 11. The second-order valence-electron chi connectivity index (χ2n) is 6.68. The Morgan fingerprint density at radius 3 is 2.50 bits per heavy atom. The maximum Gasteiger partial charge on any atom is 1.00 e. The van der Waals surface area contributed by atoms with E-state index in [0.717, 1.165) is 5.82 Å². The molecule has 0 saturated carbocycles. The number of carboxylic acids is 1. The first kappa shape index (κ1) is 27.5. The molecular formula is C23H20Cl2LiN3O5. The zero-order chi connectivity index (χ0) is 23.6. The molecule has 1 heterocycles.